The van der Waals surface area contributed by atoms with Crippen molar-refractivity contribution < 1.29 is 107 Å². The van der Waals surface area contributed by atoms with Crippen LogP contribution in [-0.4, -0.2) is 40.0 Å². The number of aromatic hydroxyl groups is 2. The smallest absolute Gasteiger partial charge is 0.744 e. The van der Waals surface area contributed by atoms with Crippen LogP contribution in [0, 0.1) is 6.07 Å². The SMILES string of the molecule is CC(C)(c1ccc(OS(=O)(=O)c2ccccc2N=Nc2c(O)ccc3[c-]cccc23)cc1)c1ccc(OS(=O)(=O)c2ccccc2N=Nc2c(O)ccc3c(S(=O)(=O)[O-])cccc23)cc1.[Na+].[Na+]. The molecule has 0 unspecified atom stereocenters. The van der Waals surface area contributed by atoms with E-state index in [-0.39, 0.29) is 120 Å². The summed E-state index contributed by atoms with van der Waals surface area (Å²) in [6, 6.07) is 42.0. The molecule has 67 heavy (non-hydrogen) atoms. The van der Waals surface area contributed by atoms with Crippen LogP contribution in [0.15, 0.2) is 193 Å². The van der Waals surface area contributed by atoms with Crippen molar-refractivity contribution in [1.82, 2.24) is 0 Å². The van der Waals surface area contributed by atoms with Gasteiger partial charge < -0.3 is 23.1 Å². The summed E-state index contributed by atoms with van der Waals surface area (Å²) in [5.41, 5.74) is 0.666. The third kappa shape index (κ3) is 10.9. The molecule has 8 rings (SSSR count). The van der Waals surface area contributed by atoms with E-state index in [9.17, 15) is 40.0 Å². The molecule has 8 aromatic rings. The van der Waals surface area contributed by atoms with Gasteiger partial charge in [-0.05, 0) is 77.9 Å². The fraction of sp³-hybridized carbons (Fsp3) is 0.0638. The minimum atomic E-state index is -4.87. The quantitative estimate of drug-likeness (QED) is 0.0523. The third-order valence-corrected chi connectivity index (χ3v) is 13.9. The summed E-state index contributed by atoms with van der Waals surface area (Å²) < 4.78 is 101. The van der Waals surface area contributed by atoms with Crippen molar-refractivity contribution in [3.8, 4) is 23.0 Å². The van der Waals surface area contributed by atoms with Crippen molar-refractivity contribution in [3.05, 3.63) is 175 Å². The molecule has 15 nitrogen and oxygen atoms in total. The van der Waals surface area contributed by atoms with Crippen molar-refractivity contribution in [1.29, 1.82) is 0 Å². The van der Waals surface area contributed by atoms with Gasteiger partial charge in [0.25, 0.3) is 0 Å². The Balaban J connectivity index is 0.00000370. The van der Waals surface area contributed by atoms with Gasteiger partial charge in [-0.25, -0.2) is 8.42 Å². The van der Waals surface area contributed by atoms with E-state index in [1.165, 1.54) is 91.0 Å². The fourth-order valence-electron chi connectivity index (χ4n) is 6.98. The Bertz CT molecular complexity index is 3560. The first-order valence-electron chi connectivity index (χ1n) is 19.4. The van der Waals surface area contributed by atoms with Gasteiger partial charge in [0.15, 0.2) is 0 Å². The van der Waals surface area contributed by atoms with Crippen LogP contribution in [-0.2, 0) is 35.8 Å². The molecule has 0 saturated heterocycles. The molecule has 0 amide bonds. The Morgan fingerprint density at radius 3 is 1.45 bits per heavy atom. The standard InChI is InChI=1S/C47H35N4O11S3.2Na/c1-47(2,31-19-23-33(24-20-31)61-64(57,58)43-15-7-5-13-38(43)48-50-45-35-11-4-3-10-30(35)18-28-40(45)52)32-21-25-34(26-22-32)62-65(59,60)44-16-8-6-14-39(44)49-51-46-37-12-9-17-42(63(54,55)56)36(37)27-29-41(46)53;;/h3-9,11-29,52-53H,1-2H3,(H,54,55,56);;/q-1;2*+1/p-1. The number of azo groups is 2. The van der Waals surface area contributed by atoms with Gasteiger partial charge in [-0.3, -0.25) is 0 Å². The third-order valence-electron chi connectivity index (χ3n) is 10.4. The summed E-state index contributed by atoms with van der Waals surface area (Å²) in [6.45, 7) is 3.85. The Hall–Kier alpha value is -5.51. The van der Waals surface area contributed by atoms with E-state index in [1.54, 1.807) is 54.6 Å². The molecule has 0 spiro atoms. The van der Waals surface area contributed by atoms with E-state index in [0.29, 0.717) is 10.8 Å². The van der Waals surface area contributed by atoms with Gasteiger partial charge >= 0.3 is 79.4 Å². The van der Waals surface area contributed by atoms with Crippen LogP contribution >= 0.6 is 0 Å². The zero-order valence-electron chi connectivity index (χ0n) is 36.1. The molecule has 2 N–H and O–H groups in total. The molecule has 0 aliphatic heterocycles. The molecule has 8 aromatic carbocycles. The summed E-state index contributed by atoms with van der Waals surface area (Å²) in [4.78, 5) is -1.11. The van der Waals surface area contributed by atoms with Crippen molar-refractivity contribution in [2.24, 2.45) is 20.5 Å². The number of nitrogens with zero attached hydrogens (tertiary/aromatic N) is 4. The molecule has 0 atom stereocenters. The average Bonchev–Trinajstić information content (AvgIpc) is 3.28. The Morgan fingerprint density at radius 1 is 0.493 bits per heavy atom. The summed E-state index contributed by atoms with van der Waals surface area (Å²) in [6.07, 6.45) is 0. The summed E-state index contributed by atoms with van der Waals surface area (Å²) in [5, 5.41) is 38.9. The Morgan fingerprint density at radius 2 is 0.940 bits per heavy atom. The number of phenols is 2. The van der Waals surface area contributed by atoms with Gasteiger partial charge in [0.1, 0.15) is 60.0 Å². The van der Waals surface area contributed by atoms with Gasteiger partial charge in [0.05, 0.1) is 10.6 Å². The van der Waals surface area contributed by atoms with Gasteiger partial charge in [-0.2, -0.15) is 21.9 Å². The maximum absolute atomic E-state index is 13.6. The van der Waals surface area contributed by atoms with Crippen LogP contribution in [0.25, 0.3) is 21.5 Å². The summed E-state index contributed by atoms with van der Waals surface area (Å²) in [5.74, 6) is -0.515. The van der Waals surface area contributed by atoms with E-state index < -0.39 is 46.4 Å². The van der Waals surface area contributed by atoms with Crippen LogP contribution in [0.2, 0.25) is 0 Å². The fourth-order valence-corrected chi connectivity index (χ4v) is 9.80. The zero-order valence-corrected chi connectivity index (χ0v) is 42.5. The molecule has 20 heteroatoms. The van der Waals surface area contributed by atoms with Crippen LogP contribution in [0.3, 0.4) is 0 Å². The molecule has 0 saturated carbocycles. The second-order valence-electron chi connectivity index (χ2n) is 14.9. The molecule has 0 fully saturated rings. The van der Waals surface area contributed by atoms with Crippen molar-refractivity contribution >= 4 is 74.6 Å². The Kier molecular flexibility index (Phi) is 15.5. The van der Waals surface area contributed by atoms with Crippen molar-refractivity contribution in [2.45, 2.75) is 33.9 Å². The second kappa shape index (κ2) is 20.4. The first kappa shape index (κ1) is 50.9. The zero-order chi connectivity index (χ0) is 46.1. The molecule has 328 valence electrons. The molecule has 0 heterocycles. The van der Waals surface area contributed by atoms with E-state index in [2.05, 4.69) is 26.5 Å². The minimum absolute atomic E-state index is 0. The van der Waals surface area contributed by atoms with Crippen LogP contribution in [0.4, 0.5) is 22.7 Å². The van der Waals surface area contributed by atoms with Gasteiger partial charge in [0, 0.05) is 16.2 Å². The molecule has 0 aromatic heterocycles. The minimum Gasteiger partial charge on any atom is -0.744 e. The van der Waals surface area contributed by atoms with Crippen molar-refractivity contribution in [2.75, 3.05) is 0 Å². The summed E-state index contributed by atoms with van der Waals surface area (Å²) >= 11 is 0. The first-order chi connectivity index (χ1) is 30.9. The second-order valence-corrected chi connectivity index (χ2v) is 19.3. The number of phenolic OH excluding ortho intramolecular Hbond substituents is 2. The van der Waals surface area contributed by atoms with Gasteiger partial charge in [-0.15, -0.1) is 51.1 Å². The van der Waals surface area contributed by atoms with Gasteiger partial charge in [0.2, 0.25) is 0 Å². The van der Waals surface area contributed by atoms with Crippen LogP contribution in [0.5, 0.6) is 23.0 Å². The monoisotopic (exact) mass is 972 g/mol. The van der Waals surface area contributed by atoms with Gasteiger partial charge in [-0.1, -0.05) is 86.0 Å². The predicted molar refractivity (Wildman–Crippen MR) is 240 cm³/mol. The maximum Gasteiger partial charge on any atom is 1.00 e. The average molecular weight is 973 g/mol. The number of hydrogen-bond acceptors (Lipinski definition) is 15. The number of rotatable bonds is 13. The first-order valence-corrected chi connectivity index (χ1v) is 23.6. The van der Waals surface area contributed by atoms with E-state index in [0.717, 1.165) is 23.3 Å². The number of fused-ring (bicyclic) bond motifs is 2. The topological polar surface area (TPSA) is 234 Å². The molecule has 0 aliphatic carbocycles. The van der Waals surface area contributed by atoms with E-state index in [1.807, 2.05) is 13.8 Å². The molecular formula is C47H34N4Na2O11S3. The molecule has 0 aliphatic rings. The molecule has 0 radical (unpaired) electrons. The molecular weight excluding hydrogens is 939 g/mol. The van der Waals surface area contributed by atoms with Crippen LogP contribution in [0.1, 0.15) is 25.0 Å². The maximum atomic E-state index is 13.6. The van der Waals surface area contributed by atoms with Crippen molar-refractivity contribution in [3.63, 3.8) is 0 Å². The predicted octanol–water partition coefficient (Wildman–Crippen LogP) is 4.81. The number of hydrogen-bond donors (Lipinski definition) is 2. The number of benzene rings is 8. The largest absolute Gasteiger partial charge is 1.00 e. The Labute approximate surface area is 430 Å². The molecule has 0 bridgehead atoms. The van der Waals surface area contributed by atoms with Crippen LogP contribution < -0.4 is 67.5 Å². The van der Waals surface area contributed by atoms with E-state index >= 15 is 0 Å². The normalized spacial score (nSPS) is 12.2. The van der Waals surface area contributed by atoms with E-state index in [4.69, 9.17) is 8.37 Å². The summed E-state index contributed by atoms with van der Waals surface area (Å²) in [7, 11) is -13.8.